The third-order valence-corrected chi connectivity index (χ3v) is 6.20. The van der Waals surface area contributed by atoms with E-state index in [2.05, 4.69) is 29.6 Å². The maximum atomic E-state index is 12.9. The topological polar surface area (TPSA) is 62.1 Å². The number of ether oxygens (including phenoxy) is 1. The Morgan fingerprint density at radius 2 is 1.69 bits per heavy atom. The summed E-state index contributed by atoms with van der Waals surface area (Å²) >= 11 is 12.3. The molecule has 4 rings (SSSR count). The maximum absolute atomic E-state index is 12.9. The Kier molecular flexibility index (Phi) is 7.41. The molecular formula is C29H22Cl2N2O2. The van der Waals surface area contributed by atoms with Crippen molar-refractivity contribution >= 4 is 51.6 Å². The van der Waals surface area contributed by atoms with Crippen molar-refractivity contribution in [1.82, 2.24) is 0 Å². The summed E-state index contributed by atoms with van der Waals surface area (Å²) < 4.78 is 6.18. The predicted octanol–water partition coefficient (Wildman–Crippen LogP) is 7.89. The van der Waals surface area contributed by atoms with Gasteiger partial charge in [0.05, 0.1) is 0 Å². The average molecular weight is 501 g/mol. The monoisotopic (exact) mass is 500 g/mol. The molecule has 0 fully saturated rings. The number of nitriles is 1. The van der Waals surface area contributed by atoms with Crippen LogP contribution in [-0.4, -0.2) is 5.91 Å². The van der Waals surface area contributed by atoms with Crippen LogP contribution in [0.5, 0.6) is 5.75 Å². The van der Waals surface area contributed by atoms with E-state index in [4.69, 9.17) is 27.9 Å². The standard InChI is InChI=1S/C29H22Cl2N2O2/c1-18-7-9-20-5-3-4-6-25(20)26(18)17-35-28-12-11-23(30)14-21(28)13-22(16-32)29(34)33-27-15-24(31)10-8-19(27)2/h3-15H,17H2,1-2H3,(H,33,34)/b22-13+. The third-order valence-electron chi connectivity index (χ3n) is 5.73. The number of carbonyl (C=O) groups excluding carboxylic acids is 1. The zero-order valence-electron chi connectivity index (χ0n) is 19.2. The van der Waals surface area contributed by atoms with Crippen molar-refractivity contribution in [3.63, 3.8) is 0 Å². The predicted molar refractivity (Wildman–Crippen MR) is 143 cm³/mol. The minimum absolute atomic E-state index is 0.0853. The lowest BCUT2D eigenvalue weighted by Crippen LogP contribution is -2.14. The number of carbonyl (C=O) groups is 1. The van der Waals surface area contributed by atoms with E-state index in [0.29, 0.717) is 33.7 Å². The first-order valence-corrected chi connectivity index (χ1v) is 11.7. The summed E-state index contributed by atoms with van der Waals surface area (Å²) in [7, 11) is 0. The van der Waals surface area contributed by atoms with E-state index in [1.807, 2.05) is 32.0 Å². The molecule has 0 bridgehead atoms. The van der Waals surface area contributed by atoms with Crippen molar-refractivity contribution in [3.8, 4) is 11.8 Å². The smallest absolute Gasteiger partial charge is 0.266 e. The highest BCUT2D eigenvalue weighted by Gasteiger charge is 2.14. The number of nitrogens with one attached hydrogen (secondary N) is 1. The molecular weight excluding hydrogens is 479 g/mol. The second-order valence-corrected chi connectivity index (χ2v) is 9.01. The minimum atomic E-state index is -0.548. The van der Waals surface area contributed by atoms with Crippen molar-refractivity contribution in [2.45, 2.75) is 20.5 Å². The van der Waals surface area contributed by atoms with Crippen molar-refractivity contribution in [3.05, 3.63) is 111 Å². The quantitative estimate of drug-likeness (QED) is 0.216. The van der Waals surface area contributed by atoms with Gasteiger partial charge in [0.15, 0.2) is 0 Å². The van der Waals surface area contributed by atoms with Crippen LogP contribution in [0.3, 0.4) is 0 Å². The van der Waals surface area contributed by atoms with Crippen LogP contribution in [-0.2, 0) is 11.4 Å². The van der Waals surface area contributed by atoms with Crippen LogP contribution < -0.4 is 10.1 Å². The van der Waals surface area contributed by atoms with Gasteiger partial charge in [-0.05, 0) is 72.2 Å². The van der Waals surface area contributed by atoms with E-state index in [1.54, 1.807) is 36.4 Å². The molecule has 0 aromatic heterocycles. The van der Waals surface area contributed by atoms with E-state index in [0.717, 1.165) is 27.5 Å². The second-order valence-electron chi connectivity index (χ2n) is 8.14. The number of rotatable bonds is 6. The second kappa shape index (κ2) is 10.7. The maximum Gasteiger partial charge on any atom is 0.266 e. The van der Waals surface area contributed by atoms with Gasteiger partial charge in [0, 0.05) is 26.9 Å². The number of anilines is 1. The molecule has 1 amide bonds. The summed E-state index contributed by atoms with van der Waals surface area (Å²) in [5.41, 5.74) is 4.00. The Morgan fingerprint density at radius 1 is 0.971 bits per heavy atom. The Balaban J connectivity index is 1.63. The molecule has 174 valence electrons. The van der Waals surface area contributed by atoms with Gasteiger partial charge in [0.1, 0.15) is 24.0 Å². The van der Waals surface area contributed by atoms with E-state index >= 15 is 0 Å². The molecule has 0 spiro atoms. The fraction of sp³-hybridized carbons (Fsp3) is 0.103. The molecule has 4 aromatic rings. The molecule has 0 heterocycles. The fourth-order valence-electron chi connectivity index (χ4n) is 3.77. The van der Waals surface area contributed by atoms with Crippen molar-refractivity contribution in [1.29, 1.82) is 5.26 Å². The first-order chi connectivity index (χ1) is 16.9. The van der Waals surface area contributed by atoms with Gasteiger partial charge in [-0.25, -0.2) is 0 Å². The number of hydrogen-bond donors (Lipinski definition) is 1. The number of amides is 1. The molecule has 0 aliphatic carbocycles. The summed E-state index contributed by atoms with van der Waals surface area (Å²) in [6.45, 7) is 4.22. The molecule has 0 unspecified atom stereocenters. The normalized spacial score (nSPS) is 11.2. The van der Waals surface area contributed by atoms with Crippen molar-refractivity contribution in [2.75, 3.05) is 5.32 Å². The van der Waals surface area contributed by atoms with Crippen molar-refractivity contribution < 1.29 is 9.53 Å². The minimum Gasteiger partial charge on any atom is -0.488 e. The molecule has 4 aromatic carbocycles. The van der Waals surface area contributed by atoms with Gasteiger partial charge in [0.2, 0.25) is 0 Å². The SMILES string of the molecule is Cc1ccc(Cl)cc1NC(=O)/C(C#N)=C/c1cc(Cl)ccc1OCc1c(C)ccc2ccccc12. The highest BCUT2D eigenvalue weighted by molar-refractivity contribution is 6.31. The molecule has 0 aliphatic rings. The molecule has 0 saturated heterocycles. The number of fused-ring (bicyclic) bond motifs is 1. The molecule has 0 saturated carbocycles. The van der Waals surface area contributed by atoms with Crippen LogP contribution in [0.1, 0.15) is 22.3 Å². The van der Waals surface area contributed by atoms with E-state index < -0.39 is 5.91 Å². The molecule has 0 radical (unpaired) electrons. The van der Waals surface area contributed by atoms with E-state index in [1.165, 1.54) is 6.08 Å². The zero-order chi connectivity index (χ0) is 24.9. The molecule has 35 heavy (non-hydrogen) atoms. The summed E-state index contributed by atoms with van der Waals surface area (Å²) in [4.78, 5) is 12.9. The van der Waals surface area contributed by atoms with Crippen LogP contribution in [0.25, 0.3) is 16.8 Å². The van der Waals surface area contributed by atoms with Gasteiger partial charge in [-0.15, -0.1) is 0 Å². The fourth-order valence-corrected chi connectivity index (χ4v) is 4.13. The van der Waals surface area contributed by atoms with Gasteiger partial charge in [-0.2, -0.15) is 5.26 Å². The molecule has 1 N–H and O–H groups in total. The third kappa shape index (κ3) is 5.66. The molecule has 0 atom stereocenters. The van der Waals surface area contributed by atoms with Crippen LogP contribution >= 0.6 is 23.2 Å². The van der Waals surface area contributed by atoms with Crippen molar-refractivity contribution in [2.24, 2.45) is 0 Å². The van der Waals surface area contributed by atoms with Crippen LogP contribution in [0.4, 0.5) is 5.69 Å². The lowest BCUT2D eigenvalue weighted by molar-refractivity contribution is -0.112. The number of nitrogens with zero attached hydrogens (tertiary/aromatic N) is 1. The Bertz CT molecular complexity index is 1500. The largest absolute Gasteiger partial charge is 0.488 e. The highest BCUT2D eigenvalue weighted by Crippen LogP contribution is 2.29. The van der Waals surface area contributed by atoms with Gasteiger partial charge in [-0.1, -0.05) is 65.7 Å². The van der Waals surface area contributed by atoms with Gasteiger partial charge in [0.25, 0.3) is 5.91 Å². The Hall–Kier alpha value is -3.78. The Labute approximate surface area is 214 Å². The highest BCUT2D eigenvalue weighted by atomic mass is 35.5. The number of halogens is 2. The van der Waals surface area contributed by atoms with Crippen LogP contribution in [0, 0.1) is 25.2 Å². The molecule has 6 heteroatoms. The lowest BCUT2D eigenvalue weighted by atomic mass is 10.0. The Morgan fingerprint density at radius 3 is 2.49 bits per heavy atom. The molecule has 0 aliphatic heterocycles. The zero-order valence-corrected chi connectivity index (χ0v) is 20.7. The number of hydrogen-bond acceptors (Lipinski definition) is 3. The number of aryl methyl sites for hydroxylation is 2. The van der Waals surface area contributed by atoms with Gasteiger partial charge in [-0.3, -0.25) is 4.79 Å². The first-order valence-electron chi connectivity index (χ1n) is 10.9. The summed E-state index contributed by atoms with van der Waals surface area (Å²) in [6, 6.07) is 24.6. The lowest BCUT2D eigenvalue weighted by Gasteiger charge is -2.14. The van der Waals surface area contributed by atoms with Crippen LogP contribution in [0.15, 0.2) is 78.4 Å². The summed E-state index contributed by atoms with van der Waals surface area (Å²) in [6.07, 6.45) is 1.48. The summed E-state index contributed by atoms with van der Waals surface area (Å²) in [5.74, 6) is -0.0325. The van der Waals surface area contributed by atoms with E-state index in [9.17, 15) is 10.1 Å². The van der Waals surface area contributed by atoms with E-state index in [-0.39, 0.29) is 5.57 Å². The van der Waals surface area contributed by atoms with Crippen LogP contribution in [0.2, 0.25) is 10.0 Å². The van der Waals surface area contributed by atoms with Gasteiger partial charge < -0.3 is 10.1 Å². The average Bonchev–Trinajstić information content (AvgIpc) is 2.85. The van der Waals surface area contributed by atoms with Gasteiger partial charge >= 0.3 is 0 Å². The summed E-state index contributed by atoms with van der Waals surface area (Å²) in [5, 5.41) is 15.7. The first kappa shape index (κ1) is 24.3. The molecule has 4 nitrogen and oxygen atoms in total. The number of benzene rings is 4.